The lowest BCUT2D eigenvalue weighted by atomic mass is 9.87. The average molecular weight is 312 g/mol. The molecule has 0 aromatic carbocycles. The van der Waals surface area contributed by atoms with E-state index in [1.54, 1.807) is 18.3 Å². The molecule has 0 spiro atoms. The van der Waals surface area contributed by atoms with Crippen molar-refractivity contribution in [3.05, 3.63) is 22.4 Å². The van der Waals surface area contributed by atoms with E-state index in [0.717, 1.165) is 0 Å². The molecule has 0 aliphatic carbocycles. The third-order valence-corrected chi connectivity index (χ3v) is 4.69. The normalized spacial score (nSPS) is 13.8. The van der Waals surface area contributed by atoms with Crippen LogP contribution < -0.4 is 10.6 Å². The van der Waals surface area contributed by atoms with E-state index in [-0.39, 0.29) is 23.0 Å². The van der Waals surface area contributed by atoms with Crippen molar-refractivity contribution in [2.75, 3.05) is 13.1 Å². The Kier molecular flexibility index (Phi) is 6.23. The lowest BCUT2D eigenvalue weighted by molar-refractivity contribution is 0.128. The molecule has 120 valence electrons. The fraction of sp³-hybridized carbons (Fsp3) is 0.688. The highest BCUT2D eigenvalue weighted by molar-refractivity contribution is 7.10. The first-order valence-corrected chi connectivity index (χ1v) is 8.24. The first kappa shape index (κ1) is 18.0. The maximum Gasteiger partial charge on any atom is 0.314 e. The van der Waals surface area contributed by atoms with Crippen LogP contribution in [-0.4, -0.2) is 30.3 Å². The minimum Gasteiger partial charge on any atom is -0.393 e. The molecule has 2 amide bonds. The molecule has 5 heteroatoms. The van der Waals surface area contributed by atoms with Gasteiger partial charge in [-0.15, -0.1) is 11.3 Å². The van der Waals surface area contributed by atoms with Crippen LogP contribution in [0.4, 0.5) is 4.79 Å². The number of nitrogens with one attached hydrogen (secondary N) is 2. The van der Waals surface area contributed by atoms with Crippen molar-refractivity contribution in [3.63, 3.8) is 0 Å². The number of amides is 2. The van der Waals surface area contributed by atoms with E-state index in [2.05, 4.69) is 35.9 Å². The van der Waals surface area contributed by atoms with Gasteiger partial charge >= 0.3 is 6.03 Å². The van der Waals surface area contributed by atoms with Crippen LogP contribution in [0.15, 0.2) is 17.5 Å². The Balaban J connectivity index is 2.38. The number of hydrogen-bond donors (Lipinski definition) is 3. The van der Waals surface area contributed by atoms with Gasteiger partial charge < -0.3 is 15.7 Å². The van der Waals surface area contributed by atoms with Crippen LogP contribution in [0.2, 0.25) is 0 Å². The maximum atomic E-state index is 11.9. The zero-order chi connectivity index (χ0) is 16.1. The van der Waals surface area contributed by atoms with Crippen molar-refractivity contribution in [3.8, 4) is 0 Å². The summed E-state index contributed by atoms with van der Waals surface area (Å²) in [6.45, 7) is 11.2. The second-order valence-corrected chi connectivity index (χ2v) is 8.06. The Labute approximate surface area is 132 Å². The van der Waals surface area contributed by atoms with E-state index in [9.17, 15) is 9.90 Å². The van der Waals surface area contributed by atoms with Gasteiger partial charge in [0.1, 0.15) is 0 Å². The smallest absolute Gasteiger partial charge is 0.314 e. The van der Waals surface area contributed by atoms with E-state index < -0.39 is 0 Å². The number of carbonyl (C=O) groups is 1. The van der Waals surface area contributed by atoms with Crippen molar-refractivity contribution >= 4 is 17.4 Å². The van der Waals surface area contributed by atoms with Crippen LogP contribution in [-0.2, 0) is 5.41 Å². The summed E-state index contributed by atoms with van der Waals surface area (Å²) in [5.74, 6) is 0. The Morgan fingerprint density at radius 1 is 1.29 bits per heavy atom. The summed E-state index contributed by atoms with van der Waals surface area (Å²) in [5, 5.41) is 17.3. The quantitative estimate of drug-likeness (QED) is 0.724. The highest BCUT2D eigenvalue weighted by Gasteiger charge is 2.24. The van der Waals surface area contributed by atoms with Crippen molar-refractivity contribution in [2.24, 2.45) is 5.41 Å². The maximum absolute atomic E-state index is 11.9. The van der Waals surface area contributed by atoms with Gasteiger partial charge in [-0.3, -0.25) is 0 Å². The first-order chi connectivity index (χ1) is 9.62. The molecule has 1 heterocycles. The fourth-order valence-electron chi connectivity index (χ4n) is 2.31. The van der Waals surface area contributed by atoms with Crippen molar-refractivity contribution in [1.82, 2.24) is 10.6 Å². The molecule has 1 unspecified atom stereocenters. The van der Waals surface area contributed by atoms with E-state index >= 15 is 0 Å². The molecule has 3 N–H and O–H groups in total. The molecule has 0 saturated carbocycles. The van der Waals surface area contributed by atoms with E-state index in [1.165, 1.54) is 4.88 Å². The molecule has 1 rings (SSSR count). The molecule has 0 bridgehead atoms. The molecule has 1 atom stereocenters. The Morgan fingerprint density at radius 3 is 2.43 bits per heavy atom. The molecule has 1 aromatic heterocycles. The number of hydrogen-bond acceptors (Lipinski definition) is 3. The van der Waals surface area contributed by atoms with Crippen LogP contribution >= 0.6 is 11.3 Å². The Bertz CT molecular complexity index is 439. The number of aliphatic hydroxyl groups is 1. The summed E-state index contributed by atoms with van der Waals surface area (Å²) in [5.41, 5.74) is -0.185. The van der Waals surface area contributed by atoms with Crippen LogP contribution in [0.1, 0.15) is 45.9 Å². The van der Waals surface area contributed by atoms with Crippen LogP contribution in [0.25, 0.3) is 0 Å². The van der Waals surface area contributed by atoms with Crippen molar-refractivity contribution in [1.29, 1.82) is 0 Å². The fourth-order valence-corrected chi connectivity index (χ4v) is 3.16. The summed E-state index contributed by atoms with van der Waals surface area (Å²) in [4.78, 5) is 13.2. The van der Waals surface area contributed by atoms with Gasteiger partial charge in [-0.2, -0.15) is 0 Å². The third kappa shape index (κ3) is 6.48. The van der Waals surface area contributed by atoms with Crippen molar-refractivity contribution in [2.45, 2.75) is 52.6 Å². The second kappa shape index (κ2) is 7.27. The average Bonchev–Trinajstić information content (AvgIpc) is 2.87. The summed E-state index contributed by atoms with van der Waals surface area (Å²) in [6, 6.07) is 3.97. The third-order valence-electron chi connectivity index (χ3n) is 3.45. The Morgan fingerprint density at radius 2 is 1.90 bits per heavy atom. The molecule has 21 heavy (non-hydrogen) atoms. The van der Waals surface area contributed by atoms with E-state index in [0.29, 0.717) is 19.5 Å². The molecule has 0 aliphatic rings. The number of carbonyl (C=O) groups excluding carboxylic acids is 1. The number of urea groups is 1. The Hall–Kier alpha value is -1.07. The predicted molar refractivity (Wildman–Crippen MR) is 88.8 cm³/mol. The van der Waals surface area contributed by atoms with Gasteiger partial charge in [-0.05, 0) is 30.2 Å². The number of rotatable bonds is 7. The summed E-state index contributed by atoms with van der Waals surface area (Å²) in [6.07, 6.45) is 0.302. The molecule has 0 fully saturated rings. The topological polar surface area (TPSA) is 61.4 Å². The molecular formula is C16H28N2O2S. The van der Waals surface area contributed by atoms with Gasteiger partial charge in [0.2, 0.25) is 0 Å². The van der Waals surface area contributed by atoms with Gasteiger partial charge in [-0.1, -0.05) is 33.8 Å². The summed E-state index contributed by atoms with van der Waals surface area (Å²) in [7, 11) is 0. The monoisotopic (exact) mass is 312 g/mol. The molecule has 0 radical (unpaired) electrons. The van der Waals surface area contributed by atoms with Crippen LogP contribution in [0.5, 0.6) is 0 Å². The molecule has 1 aromatic rings. The molecule has 0 aliphatic heterocycles. The highest BCUT2D eigenvalue weighted by Crippen LogP contribution is 2.26. The molecule has 0 saturated heterocycles. The van der Waals surface area contributed by atoms with Crippen LogP contribution in [0, 0.1) is 5.41 Å². The minimum atomic E-state index is -0.359. The zero-order valence-electron chi connectivity index (χ0n) is 13.7. The van der Waals surface area contributed by atoms with E-state index in [1.807, 2.05) is 19.9 Å². The lowest BCUT2D eigenvalue weighted by Gasteiger charge is -2.27. The van der Waals surface area contributed by atoms with Gasteiger partial charge in [0.15, 0.2) is 0 Å². The molecular weight excluding hydrogens is 284 g/mol. The number of aliphatic hydroxyl groups excluding tert-OH is 1. The van der Waals surface area contributed by atoms with E-state index in [4.69, 9.17) is 0 Å². The predicted octanol–water partition coefficient (Wildman–Crippen LogP) is 3.12. The highest BCUT2D eigenvalue weighted by atomic mass is 32.1. The first-order valence-electron chi connectivity index (χ1n) is 7.36. The zero-order valence-corrected chi connectivity index (χ0v) is 14.5. The molecule has 4 nitrogen and oxygen atoms in total. The summed E-state index contributed by atoms with van der Waals surface area (Å²) < 4.78 is 0. The lowest BCUT2D eigenvalue weighted by Crippen LogP contribution is -2.45. The second-order valence-electron chi connectivity index (χ2n) is 7.11. The van der Waals surface area contributed by atoms with Gasteiger partial charge in [-0.25, -0.2) is 4.79 Å². The number of thiophene rings is 1. The van der Waals surface area contributed by atoms with Gasteiger partial charge in [0.25, 0.3) is 0 Å². The minimum absolute atomic E-state index is 0.0688. The standard InChI is InChI=1S/C16H28N2O2S/c1-12(19)9-15(2,3)10-17-14(20)18-11-16(4,5)13-7-6-8-21-13/h6-8,12,19H,9-11H2,1-5H3,(H2,17,18,20). The van der Waals surface area contributed by atoms with Crippen LogP contribution in [0.3, 0.4) is 0 Å². The van der Waals surface area contributed by atoms with Gasteiger partial charge in [0, 0.05) is 23.4 Å². The van der Waals surface area contributed by atoms with Gasteiger partial charge in [0.05, 0.1) is 6.10 Å². The largest absolute Gasteiger partial charge is 0.393 e. The summed E-state index contributed by atoms with van der Waals surface area (Å²) >= 11 is 1.71. The SMILES string of the molecule is CC(O)CC(C)(C)CNC(=O)NCC(C)(C)c1cccs1. The van der Waals surface area contributed by atoms with Crippen molar-refractivity contribution < 1.29 is 9.90 Å².